The molecule has 0 fully saturated rings. The number of esters is 1. The number of H-pyrrole nitrogens is 1. The predicted octanol–water partition coefficient (Wildman–Crippen LogP) is 5.29. The fourth-order valence-electron chi connectivity index (χ4n) is 4.29. The molecule has 2 aromatic carbocycles. The van der Waals surface area contributed by atoms with Crippen LogP contribution in [0.2, 0.25) is 0 Å². The fraction of sp³-hybridized carbons (Fsp3) is 0.214. The van der Waals surface area contributed by atoms with E-state index in [4.69, 9.17) is 9.47 Å². The molecule has 0 atom stereocenters. The van der Waals surface area contributed by atoms with Crippen molar-refractivity contribution in [1.82, 2.24) is 9.97 Å². The van der Waals surface area contributed by atoms with Gasteiger partial charge >= 0.3 is 5.97 Å². The second kappa shape index (κ2) is 10.2. The standard InChI is InChI=1S/C28H23N3O4S/c1-34-28(33)19-10-6-18(7-11-19)16-35-21-12-8-17(9-13-21)14-20(15-29)25-30-26(32)24-22-4-2-3-5-23(22)36-27(24)31-25/h6-14H,2-5,16H2,1H3,(H,30,31,32)/b20-14+. The summed E-state index contributed by atoms with van der Waals surface area (Å²) in [7, 11) is 1.35. The van der Waals surface area contributed by atoms with Crippen molar-refractivity contribution in [3.05, 3.63) is 91.8 Å². The number of aromatic amines is 1. The maximum Gasteiger partial charge on any atom is 0.337 e. The number of thiophene rings is 1. The average Bonchev–Trinajstić information content (AvgIpc) is 3.30. The third-order valence-electron chi connectivity index (χ3n) is 6.17. The summed E-state index contributed by atoms with van der Waals surface area (Å²) in [6.45, 7) is 0.343. The third kappa shape index (κ3) is 4.79. The number of benzene rings is 2. The van der Waals surface area contributed by atoms with Crippen LogP contribution in [0.4, 0.5) is 0 Å². The van der Waals surface area contributed by atoms with Gasteiger partial charge < -0.3 is 14.5 Å². The molecule has 1 aliphatic rings. The Morgan fingerprint density at radius 1 is 1.14 bits per heavy atom. The average molecular weight is 498 g/mol. The van der Waals surface area contributed by atoms with Gasteiger partial charge in [-0.2, -0.15) is 5.26 Å². The number of nitrogens with zero attached hydrogens (tertiary/aromatic N) is 2. The van der Waals surface area contributed by atoms with E-state index in [9.17, 15) is 14.9 Å². The molecule has 180 valence electrons. The minimum absolute atomic E-state index is 0.182. The lowest BCUT2D eigenvalue weighted by Crippen LogP contribution is -2.12. The van der Waals surface area contributed by atoms with Gasteiger partial charge in [-0.1, -0.05) is 24.3 Å². The van der Waals surface area contributed by atoms with Gasteiger partial charge in [0.05, 0.1) is 23.6 Å². The second-order valence-corrected chi connectivity index (χ2v) is 9.61. The minimum atomic E-state index is -0.378. The number of aromatic nitrogens is 2. The Balaban J connectivity index is 1.32. The van der Waals surface area contributed by atoms with Gasteiger partial charge in [0.15, 0.2) is 5.82 Å². The zero-order chi connectivity index (χ0) is 25.1. The molecule has 0 bridgehead atoms. The van der Waals surface area contributed by atoms with Crippen molar-refractivity contribution in [2.45, 2.75) is 32.3 Å². The highest BCUT2D eigenvalue weighted by Crippen LogP contribution is 2.34. The molecular weight excluding hydrogens is 474 g/mol. The first-order valence-electron chi connectivity index (χ1n) is 11.6. The molecule has 5 rings (SSSR count). The molecule has 0 amide bonds. The van der Waals surface area contributed by atoms with Crippen LogP contribution in [0.5, 0.6) is 5.75 Å². The molecule has 2 heterocycles. The number of hydrogen-bond acceptors (Lipinski definition) is 7. The van der Waals surface area contributed by atoms with Gasteiger partial charge in [0.2, 0.25) is 0 Å². The van der Waals surface area contributed by atoms with E-state index in [0.29, 0.717) is 33.7 Å². The smallest absolute Gasteiger partial charge is 0.337 e. The molecule has 36 heavy (non-hydrogen) atoms. The van der Waals surface area contributed by atoms with Gasteiger partial charge in [-0.3, -0.25) is 4.79 Å². The van der Waals surface area contributed by atoms with Crippen LogP contribution in [0.15, 0.2) is 53.3 Å². The van der Waals surface area contributed by atoms with E-state index in [0.717, 1.165) is 42.4 Å². The van der Waals surface area contributed by atoms with E-state index in [1.165, 1.54) is 12.0 Å². The number of carbonyl (C=O) groups is 1. The Bertz CT molecular complexity index is 1560. The molecule has 8 heteroatoms. The summed E-state index contributed by atoms with van der Waals surface area (Å²) in [5.41, 5.74) is 3.42. The van der Waals surface area contributed by atoms with Gasteiger partial charge in [0.25, 0.3) is 5.56 Å². The van der Waals surface area contributed by atoms with Crippen LogP contribution in [-0.2, 0) is 24.2 Å². The number of fused-ring (bicyclic) bond motifs is 3. The molecule has 0 aliphatic heterocycles. The summed E-state index contributed by atoms with van der Waals surface area (Å²) in [4.78, 5) is 33.8. The topological polar surface area (TPSA) is 105 Å². The molecular formula is C28H23N3O4S. The Labute approximate surface area is 211 Å². The van der Waals surface area contributed by atoms with Crippen molar-refractivity contribution in [2.24, 2.45) is 0 Å². The quantitative estimate of drug-likeness (QED) is 0.287. The number of aryl methyl sites for hydroxylation is 2. The van der Waals surface area contributed by atoms with Crippen LogP contribution in [0.25, 0.3) is 21.9 Å². The zero-order valence-electron chi connectivity index (χ0n) is 19.7. The lowest BCUT2D eigenvalue weighted by molar-refractivity contribution is 0.0600. The van der Waals surface area contributed by atoms with E-state index in [1.54, 1.807) is 29.5 Å². The molecule has 4 aromatic rings. The fourth-order valence-corrected chi connectivity index (χ4v) is 5.56. The van der Waals surface area contributed by atoms with Crippen molar-refractivity contribution in [3.63, 3.8) is 0 Å². The lowest BCUT2D eigenvalue weighted by Gasteiger charge is -2.09. The van der Waals surface area contributed by atoms with Crippen LogP contribution in [0.1, 0.15) is 50.6 Å². The number of ether oxygens (including phenoxy) is 2. The molecule has 0 saturated carbocycles. The Hall–Kier alpha value is -4.22. The Kier molecular flexibility index (Phi) is 6.65. The molecule has 1 aliphatic carbocycles. The summed E-state index contributed by atoms with van der Waals surface area (Å²) in [6, 6.07) is 16.5. The van der Waals surface area contributed by atoms with Gasteiger partial charge in [-0.15, -0.1) is 11.3 Å². The summed E-state index contributed by atoms with van der Waals surface area (Å²) in [5, 5.41) is 10.4. The van der Waals surface area contributed by atoms with Crippen LogP contribution >= 0.6 is 11.3 Å². The van der Waals surface area contributed by atoms with Gasteiger partial charge in [-0.25, -0.2) is 9.78 Å². The van der Waals surface area contributed by atoms with E-state index in [2.05, 4.69) is 16.0 Å². The molecule has 1 N–H and O–H groups in total. The first-order valence-corrected chi connectivity index (χ1v) is 12.4. The summed E-state index contributed by atoms with van der Waals surface area (Å²) in [5.74, 6) is 0.570. The molecule has 0 unspecified atom stereocenters. The zero-order valence-corrected chi connectivity index (χ0v) is 20.5. The number of rotatable bonds is 6. The number of allylic oxidation sites excluding steroid dienone is 1. The normalized spacial score (nSPS) is 13.2. The Morgan fingerprint density at radius 3 is 2.61 bits per heavy atom. The molecule has 0 radical (unpaired) electrons. The maximum absolute atomic E-state index is 12.8. The van der Waals surface area contributed by atoms with Crippen LogP contribution in [-0.4, -0.2) is 23.0 Å². The Morgan fingerprint density at radius 2 is 1.89 bits per heavy atom. The molecule has 7 nitrogen and oxygen atoms in total. The van der Waals surface area contributed by atoms with Gasteiger partial charge in [0.1, 0.15) is 23.3 Å². The molecule has 2 aromatic heterocycles. The van der Waals surface area contributed by atoms with Crippen molar-refractivity contribution in [1.29, 1.82) is 5.26 Å². The number of methoxy groups -OCH3 is 1. The third-order valence-corrected chi connectivity index (χ3v) is 7.36. The molecule has 0 spiro atoms. The number of nitrogens with one attached hydrogen (secondary N) is 1. The van der Waals surface area contributed by atoms with Crippen molar-refractivity contribution in [2.75, 3.05) is 7.11 Å². The van der Waals surface area contributed by atoms with Crippen molar-refractivity contribution in [3.8, 4) is 11.8 Å². The first-order chi connectivity index (χ1) is 17.6. The predicted molar refractivity (Wildman–Crippen MR) is 139 cm³/mol. The lowest BCUT2D eigenvalue weighted by atomic mass is 9.97. The summed E-state index contributed by atoms with van der Waals surface area (Å²) in [6.07, 6.45) is 5.82. The highest BCUT2D eigenvalue weighted by Gasteiger charge is 2.20. The minimum Gasteiger partial charge on any atom is -0.489 e. The van der Waals surface area contributed by atoms with Crippen LogP contribution < -0.4 is 10.3 Å². The van der Waals surface area contributed by atoms with Gasteiger partial charge in [-0.05, 0) is 72.7 Å². The van der Waals surface area contributed by atoms with E-state index in [-0.39, 0.29) is 17.4 Å². The monoisotopic (exact) mass is 497 g/mol. The highest BCUT2D eigenvalue weighted by molar-refractivity contribution is 7.18. The highest BCUT2D eigenvalue weighted by atomic mass is 32.1. The summed E-state index contributed by atoms with van der Waals surface area (Å²) >= 11 is 1.56. The van der Waals surface area contributed by atoms with Crippen molar-refractivity contribution < 1.29 is 14.3 Å². The van der Waals surface area contributed by atoms with Gasteiger partial charge in [0, 0.05) is 4.88 Å². The first kappa shape index (κ1) is 23.5. The van der Waals surface area contributed by atoms with E-state index >= 15 is 0 Å². The van der Waals surface area contributed by atoms with Crippen LogP contribution in [0, 0.1) is 11.3 Å². The van der Waals surface area contributed by atoms with E-state index < -0.39 is 0 Å². The van der Waals surface area contributed by atoms with Crippen LogP contribution in [0.3, 0.4) is 0 Å². The molecule has 0 saturated heterocycles. The van der Waals surface area contributed by atoms with E-state index in [1.807, 2.05) is 36.4 Å². The largest absolute Gasteiger partial charge is 0.489 e. The number of carbonyl (C=O) groups excluding carboxylic acids is 1. The SMILES string of the molecule is COC(=O)c1ccc(COc2ccc(/C=C(\C#N)c3nc4sc5c(c4c(=O)[nH]3)CCCC5)cc2)cc1. The maximum atomic E-state index is 12.8. The number of nitriles is 1. The summed E-state index contributed by atoms with van der Waals surface area (Å²) < 4.78 is 10.5. The van der Waals surface area contributed by atoms with Crippen molar-refractivity contribution >= 4 is 39.2 Å². The second-order valence-electron chi connectivity index (χ2n) is 8.52. The number of hydrogen-bond donors (Lipinski definition) is 1.